The Balaban J connectivity index is 1.51. The Hall–Kier alpha value is -4.61. The zero-order valence-corrected chi connectivity index (χ0v) is 22.2. The Morgan fingerprint density at radius 3 is 2.55 bits per heavy atom. The molecule has 0 bridgehead atoms. The lowest BCUT2D eigenvalue weighted by Crippen LogP contribution is -2.34. The van der Waals surface area contributed by atoms with Crippen molar-refractivity contribution in [2.24, 2.45) is 5.73 Å². The third-order valence-corrected chi connectivity index (χ3v) is 7.19. The molecule has 0 aliphatic heterocycles. The standard InChI is InChI=1S/C30H26F5N5O2/c31-19-6-3-5-17(13-19)14-24(27-20(8-4-12-37-27)18-10-11-23(32)22(15-18)29(36)42)38-26(41)16-40-25-9-2-1-7-21(25)28(39-40)30(33,34)35/h3-6,8,10-13,15,24H,1-2,7,9,14,16H2,(H2,36,42)(H,38,41)/t24-/m0/s1. The van der Waals surface area contributed by atoms with E-state index in [4.69, 9.17) is 5.73 Å². The molecule has 2 aromatic heterocycles. The number of hydrogen-bond donors (Lipinski definition) is 2. The maximum atomic E-state index is 14.2. The maximum absolute atomic E-state index is 14.2. The first-order chi connectivity index (χ1) is 20.0. The predicted octanol–water partition coefficient (Wildman–Crippen LogP) is 5.32. The van der Waals surface area contributed by atoms with Gasteiger partial charge in [0.25, 0.3) is 5.91 Å². The minimum Gasteiger partial charge on any atom is -0.366 e. The summed E-state index contributed by atoms with van der Waals surface area (Å²) in [5, 5.41) is 6.60. The van der Waals surface area contributed by atoms with Crippen molar-refractivity contribution >= 4 is 11.8 Å². The highest BCUT2D eigenvalue weighted by atomic mass is 19.4. The molecular weight excluding hydrogens is 557 g/mol. The van der Waals surface area contributed by atoms with Crippen molar-refractivity contribution in [1.29, 1.82) is 0 Å². The molecule has 218 valence electrons. The van der Waals surface area contributed by atoms with E-state index in [0.29, 0.717) is 47.3 Å². The summed E-state index contributed by atoms with van der Waals surface area (Å²) in [5.74, 6) is -2.90. The molecule has 0 fully saturated rings. The molecule has 1 aliphatic carbocycles. The quantitative estimate of drug-likeness (QED) is 0.274. The lowest BCUT2D eigenvalue weighted by atomic mass is 9.94. The fourth-order valence-electron chi connectivity index (χ4n) is 5.34. The van der Waals surface area contributed by atoms with Gasteiger partial charge in [0.1, 0.15) is 18.2 Å². The monoisotopic (exact) mass is 583 g/mol. The highest BCUT2D eigenvalue weighted by Crippen LogP contribution is 2.36. The number of rotatable bonds is 8. The molecular formula is C30H26F5N5O2. The van der Waals surface area contributed by atoms with Crippen LogP contribution in [0.4, 0.5) is 22.0 Å². The zero-order valence-electron chi connectivity index (χ0n) is 22.2. The second kappa shape index (κ2) is 11.7. The van der Waals surface area contributed by atoms with Gasteiger partial charge in [-0.05, 0) is 73.6 Å². The van der Waals surface area contributed by atoms with Crippen molar-refractivity contribution < 1.29 is 31.5 Å². The van der Waals surface area contributed by atoms with Crippen molar-refractivity contribution in [3.05, 3.63) is 106 Å². The van der Waals surface area contributed by atoms with Crippen LogP contribution in [0.3, 0.4) is 0 Å². The van der Waals surface area contributed by atoms with Crippen molar-refractivity contribution in [2.45, 2.75) is 50.9 Å². The van der Waals surface area contributed by atoms with E-state index in [1.165, 1.54) is 36.5 Å². The minimum atomic E-state index is -4.65. The number of aromatic nitrogens is 3. The Kier molecular flexibility index (Phi) is 8.06. The topological polar surface area (TPSA) is 103 Å². The molecule has 2 aromatic carbocycles. The largest absolute Gasteiger partial charge is 0.435 e. The van der Waals surface area contributed by atoms with E-state index in [9.17, 15) is 31.5 Å². The van der Waals surface area contributed by atoms with Crippen LogP contribution in [0.5, 0.6) is 0 Å². The second-order valence-electron chi connectivity index (χ2n) is 10.1. The van der Waals surface area contributed by atoms with Gasteiger partial charge in [-0.25, -0.2) is 8.78 Å². The third kappa shape index (κ3) is 6.17. The van der Waals surface area contributed by atoms with Gasteiger partial charge in [-0.3, -0.25) is 19.3 Å². The van der Waals surface area contributed by atoms with Crippen LogP contribution in [0, 0.1) is 11.6 Å². The molecule has 12 heteroatoms. The number of amides is 2. The van der Waals surface area contributed by atoms with E-state index in [-0.39, 0.29) is 24.0 Å². The number of nitrogens with one attached hydrogen (secondary N) is 1. The van der Waals surface area contributed by atoms with Crippen molar-refractivity contribution in [2.75, 3.05) is 0 Å². The number of benzene rings is 2. The predicted molar refractivity (Wildman–Crippen MR) is 143 cm³/mol. The van der Waals surface area contributed by atoms with Crippen LogP contribution in [0.1, 0.15) is 57.5 Å². The molecule has 1 atom stereocenters. The number of nitrogens with two attached hydrogens (primary N) is 1. The average molecular weight is 584 g/mol. The van der Waals surface area contributed by atoms with Crippen LogP contribution >= 0.6 is 0 Å². The molecule has 5 rings (SSSR count). The molecule has 0 radical (unpaired) electrons. The number of fused-ring (bicyclic) bond motifs is 1. The van der Waals surface area contributed by atoms with Crippen LogP contribution in [-0.4, -0.2) is 26.6 Å². The van der Waals surface area contributed by atoms with E-state index >= 15 is 0 Å². The molecule has 0 unspecified atom stereocenters. The van der Waals surface area contributed by atoms with Crippen molar-refractivity contribution in [3.8, 4) is 11.1 Å². The maximum Gasteiger partial charge on any atom is 0.435 e. The van der Waals surface area contributed by atoms with Crippen molar-refractivity contribution in [3.63, 3.8) is 0 Å². The third-order valence-electron chi connectivity index (χ3n) is 7.19. The smallest absolute Gasteiger partial charge is 0.366 e. The molecule has 3 N–H and O–H groups in total. The van der Waals surface area contributed by atoms with Gasteiger partial charge in [0, 0.05) is 23.0 Å². The van der Waals surface area contributed by atoms with Crippen molar-refractivity contribution in [1.82, 2.24) is 20.1 Å². The average Bonchev–Trinajstić information content (AvgIpc) is 3.32. The Morgan fingerprint density at radius 2 is 1.81 bits per heavy atom. The van der Waals surface area contributed by atoms with E-state index in [0.717, 1.165) is 10.7 Å². The van der Waals surface area contributed by atoms with Gasteiger partial charge in [0.15, 0.2) is 5.69 Å². The van der Waals surface area contributed by atoms with Gasteiger partial charge < -0.3 is 11.1 Å². The van der Waals surface area contributed by atoms with E-state index < -0.39 is 47.9 Å². The van der Waals surface area contributed by atoms with Gasteiger partial charge in [-0.1, -0.05) is 24.3 Å². The van der Waals surface area contributed by atoms with Gasteiger partial charge in [-0.2, -0.15) is 18.3 Å². The number of nitrogens with zero attached hydrogens (tertiary/aromatic N) is 3. The summed E-state index contributed by atoms with van der Waals surface area (Å²) in [7, 11) is 0. The summed E-state index contributed by atoms with van der Waals surface area (Å²) < 4.78 is 70.4. The highest BCUT2D eigenvalue weighted by molar-refractivity contribution is 5.94. The summed E-state index contributed by atoms with van der Waals surface area (Å²) in [6, 6.07) is 11.9. The molecule has 1 aliphatic rings. The number of halogens is 5. The van der Waals surface area contributed by atoms with Crippen LogP contribution in [0.2, 0.25) is 0 Å². The number of hydrogen-bond acceptors (Lipinski definition) is 4. The fourth-order valence-corrected chi connectivity index (χ4v) is 5.34. The van der Waals surface area contributed by atoms with E-state index in [1.54, 1.807) is 18.2 Å². The van der Waals surface area contributed by atoms with Crippen LogP contribution in [-0.2, 0) is 36.8 Å². The summed E-state index contributed by atoms with van der Waals surface area (Å²) >= 11 is 0. The van der Waals surface area contributed by atoms with Crippen LogP contribution in [0.15, 0.2) is 60.8 Å². The van der Waals surface area contributed by atoms with Crippen LogP contribution in [0.25, 0.3) is 11.1 Å². The number of pyridine rings is 1. The molecule has 7 nitrogen and oxygen atoms in total. The van der Waals surface area contributed by atoms with Gasteiger partial charge >= 0.3 is 6.18 Å². The molecule has 0 saturated carbocycles. The van der Waals surface area contributed by atoms with E-state index in [1.807, 2.05) is 0 Å². The molecule has 0 saturated heterocycles. The molecule has 0 spiro atoms. The first-order valence-electron chi connectivity index (χ1n) is 13.3. The van der Waals surface area contributed by atoms with Crippen LogP contribution < -0.4 is 11.1 Å². The number of alkyl halides is 3. The highest BCUT2D eigenvalue weighted by Gasteiger charge is 2.39. The fraction of sp³-hybridized carbons (Fsp3) is 0.267. The first kappa shape index (κ1) is 28.9. The number of carbonyl (C=O) groups is 2. The molecule has 2 amide bonds. The normalized spacial score (nSPS) is 13.8. The number of carbonyl (C=O) groups excluding carboxylic acids is 2. The van der Waals surface area contributed by atoms with Gasteiger partial charge in [0.05, 0.1) is 17.3 Å². The van der Waals surface area contributed by atoms with E-state index in [2.05, 4.69) is 15.4 Å². The zero-order chi connectivity index (χ0) is 30.0. The summed E-state index contributed by atoms with van der Waals surface area (Å²) in [6.45, 7) is -0.470. The molecule has 2 heterocycles. The minimum absolute atomic E-state index is 0.0718. The van der Waals surface area contributed by atoms with Gasteiger partial charge in [0.2, 0.25) is 5.91 Å². The molecule has 4 aromatic rings. The summed E-state index contributed by atoms with van der Waals surface area (Å²) in [4.78, 5) is 29.6. The first-order valence-corrected chi connectivity index (χ1v) is 13.3. The molecule has 42 heavy (non-hydrogen) atoms. The Labute approximate surface area is 237 Å². The second-order valence-corrected chi connectivity index (χ2v) is 10.1. The lowest BCUT2D eigenvalue weighted by Gasteiger charge is -2.22. The lowest BCUT2D eigenvalue weighted by molar-refractivity contribution is -0.142. The Morgan fingerprint density at radius 1 is 1.02 bits per heavy atom. The van der Waals surface area contributed by atoms with Gasteiger partial charge in [-0.15, -0.1) is 0 Å². The summed E-state index contributed by atoms with van der Waals surface area (Å²) in [6.07, 6.45) is -1.21. The number of primary amides is 1. The SMILES string of the molecule is NC(=O)c1cc(-c2cccnc2[C@H](Cc2cccc(F)c2)NC(=O)Cn2nc(C(F)(F)F)c3c2CCCC3)ccc1F. The Bertz CT molecular complexity index is 1650. The summed E-state index contributed by atoms with van der Waals surface area (Å²) in [5.41, 5.74) is 6.18.